The molecule has 37 heteroatoms. The van der Waals surface area contributed by atoms with Gasteiger partial charge in [0.15, 0.2) is 17.2 Å². The molecule has 8 fully saturated rings. The van der Waals surface area contributed by atoms with Gasteiger partial charge >= 0.3 is 30.0 Å². The number of carbonyl (C=O) groups is 8. The van der Waals surface area contributed by atoms with E-state index in [1.54, 1.807) is 97.0 Å². The van der Waals surface area contributed by atoms with E-state index >= 15 is 17.6 Å². The molecule has 14 atom stereocenters. The Bertz CT molecular complexity index is 4760. The number of nitrogens with zero attached hydrogens (tertiary/aromatic N) is 6. The number of Topliss-reactive ketones (excluding diaryl/α,β-unsaturated/α-hetero) is 1. The van der Waals surface area contributed by atoms with Gasteiger partial charge in [0.1, 0.15) is 41.5 Å². The van der Waals surface area contributed by atoms with Crippen molar-refractivity contribution in [1.29, 1.82) is 0 Å². The lowest BCUT2D eigenvalue weighted by molar-refractivity contribution is -0.150. The number of alkyl carbamates (subject to hydrolysis) is 2. The monoisotopic (exact) mass is 1690 g/mol. The number of rotatable bonds is 12. The van der Waals surface area contributed by atoms with Crippen molar-refractivity contribution >= 4 is 102 Å². The molecule has 2 saturated heterocycles. The number of nitrogens with two attached hydrogens (primary N) is 1. The molecule has 636 valence electrons. The maximum atomic E-state index is 16.2. The fourth-order valence-corrected chi connectivity index (χ4v) is 19.0. The molecule has 14 rings (SSSR count). The van der Waals surface area contributed by atoms with E-state index in [4.69, 9.17) is 34.2 Å². The molecular weight excluding hydrogens is 1580 g/mol. The molecule has 6 aliphatic carbocycles. The summed E-state index contributed by atoms with van der Waals surface area (Å²) in [7, 11) is -7.35. The van der Waals surface area contributed by atoms with Gasteiger partial charge in [-0.3, -0.25) is 33.4 Å². The number of para-hydroxylation sites is 4. The lowest BCUT2D eigenvalue weighted by atomic mass is 9.85. The molecule has 6 amide bonds. The van der Waals surface area contributed by atoms with Crippen LogP contribution in [0, 0.1) is 28.1 Å². The van der Waals surface area contributed by atoms with Crippen LogP contribution in [0.2, 0.25) is 0 Å². The van der Waals surface area contributed by atoms with Gasteiger partial charge in [-0.1, -0.05) is 105 Å². The number of ether oxygens (including phenoxy) is 6. The number of nitrogens with one attached hydrogen (secondary N) is 4. The van der Waals surface area contributed by atoms with Crippen LogP contribution in [0.4, 0.5) is 27.2 Å². The SMILES string of the molecule is CC(C)(C)[C@@H]1NC(=O)O[C@@H]2CCC[C@H]2OC/C=C/C(F)(F)c2nc3ccccc3nc2O[C@]2(C)C[C@@H](C(=O)O)N(C2)C1=O.CC[C@@H]1C[C@]1(CC(=O)[C@@H]1C[C@]2(C)CN1C(=O)[C@H](C(C)(C)C)NC(=O)O[C@@H]1CCC[C@H]1OC/C=C/C(F)(F)c1nc3ccccc3nc1O2)C(=O)NS(=O)(=O)C1CC1.CC[C@@H]1C[C@]1(N)C(=O)NS(=O)(=O)C1CC1.Cl. The molecule has 0 unspecified atom stereocenters. The quantitative estimate of drug-likeness (QED) is 0.0567. The van der Waals surface area contributed by atoms with Crippen molar-refractivity contribution in [2.45, 2.75) is 266 Å². The Hall–Kier alpha value is -8.45. The molecule has 4 aliphatic heterocycles. The second kappa shape index (κ2) is 33.4. The highest BCUT2D eigenvalue weighted by molar-refractivity contribution is 7.91. The number of aliphatic carboxylic acids is 1. The van der Waals surface area contributed by atoms with Gasteiger partial charge in [-0.2, -0.15) is 17.6 Å². The summed E-state index contributed by atoms with van der Waals surface area (Å²) in [5, 5.41) is 14.4. The van der Waals surface area contributed by atoms with Crippen molar-refractivity contribution in [3.05, 3.63) is 84.2 Å². The summed E-state index contributed by atoms with van der Waals surface area (Å²) in [5.74, 6) is -12.9. The first-order valence-corrected chi connectivity index (χ1v) is 42.4. The lowest BCUT2D eigenvalue weighted by Crippen LogP contribution is -2.57. The summed E-state index contributed by atoms with van der Waals surface area (Å²) in [6.07, 6.45) is 6.51. The van der Waals surface area contributed by atoms with Gasteiger partial charge in [-0.25, -0.2) is 51.2 Å². The molecule has 0 radical (unpaired) electrons. The molecule has 4 bridgehead atoms. The summed E-state index contributed by atoms with van der Waals surface area (Å²) >= 11 is 0. The van der Waals surface area contributed by atoms with E-state index in [-0.39, 0.29) is 98.0 Å². The van der Waals surface area contributed by atoms with Gasteiger partial charge in [0, 0.05) is 19.3 Å². The minimum Gasteiger partial charge on any atom is -0.480 e. The van der Waals surface area contributed by atoms with E-state index in [9.17, 15) is 60.3 Å². The number of carboxylic acid groups (broad SMARTS) is 1. The summed E-state index contributed by atoms with van der Waals surface area (Å²) < 4.78 is 152. The highest BCUT2D eigenvalue weighted by Gasteiger charge is 2.63. The molecule has 2 aromatic heterocycles. The number of carboxylic acids is 1. The van der Waals surface area contributed by atoms with Gasteiger partial charge in [0.05, 0.1) is 88.1 Å². The molecule has 4 aromatic rings. The van der Waals surface area contributed by atoms with Gasteiger partial charge < -0.3 is 59.7 Å². The fraction of sp³-hybridized carbons (Fsp3) is 0.646. The van der Waals surface area contributed by atoms with Crippen molar-refractivity contribution in [1.82, 2.24) is 49.8 Å². The smallest absolute Gasteiger partial charge is 0.408 e. The van der Waals surface area contributed by atoms with E-state index in [0.717, 1.165) is 11.3 Å². The number of benzene rings is 2. The number of halogens is 5. The lowest BCUT2D eigenvalue weighted by Gasteiger charge is -2.36. The predicted molar refractivity (Wildman–Crippen MR) is 415 cm³/mol. The molecule has 6 saturated carbocycles. The van der Waals surface area contributed by atoms with Crippen LogP contribution in [0.25, 0.3) is 22.1 Å². The molecule has 7 N–H and O–H groups in total. The number of alkyl halides is 4. The van der Waals surface area contributed by atoms with Gasteiger partial charge in [0.25, 0.3) is 5.91 Å². The zero-order valence-corrected chi connectivity index (χ0v) is 68.9. The molecular formula is C79H104ClF4N11O19S2. The van der Waals surface area contributed by atoms with Crippen LogP contribution in [-0.2, 0) is 79.6 Å². The van der Waals surface area contributed by atoms with Crippen molar-refractivity contribution in [3.8, 4) is 11.8 Å². The standard InChI is InChI=1S/C40H51F2N5O9S.C30H36F2N4O7.C9H16N2O3S.ClH/c1-6-23-19-39(23,35(50)46-57(52,53)24-15-16-24)21-28(48)27-20-38(5)22-47(27)34(49)32(37(2,3)4)45-36(51)55-30-14-9-13-29(30)54-18-10-17-40(41,42)31-33(56-38)44-26-12-8-7-11-25(26)43-31;1-28(2,3)23-25(37)36-16-29(4,15-19(36)26(38)39)43-24-22(33-17-9-5-6-10-18(17)34-24)30(31,32)13-8-14-41-20-11-7-12-21(20)42-27(40)35-23;1-2-6-5-9(6,10)8(12)11-15(13,14)7-3-4-7;/h7-8,10-12,17,23-24,27,29-30,32H,6,9,13-16,18-22H2,1-5H3,(H,45,51)(H,46,50);5-6,8-10,13,19-21,23H,7,11-12,14-16H2,1-4H3,(H,35,40)(H,38,39);6-7H,2-5,10H2,1H3,(H,11,12);1H/b17-10+;13-8+;;/t23-,27+,29-,30-,32-,38-,39-;19-,20+,21+,23+,29+;6-,9-;/m101./s1. The van der Waals surface area contributed by atoms with E-state index in [1.807, 2.05) is 13.8 Å². The van der Waals surface area contributed by atoms with E-state index in [2.05, 4.69) is 40.0 Å². The first-order chi connectivity index (χ1) is 53.8. The second-order valence-corrected chi connectivity index (χ2v) is 38.7. The Morgan fingerprint density at radius 1 is 0.569 bits per heavy atom. The van der Waals surface area contributed by atoms with Gasteiger partial charge in [0.2, 0.25) is 49.5 Å². The number of ketones is 1. The summed E-state index contributed by atoms with van der Waals surface area (Å²) in [6, 6.07) is 7.96. The van der Waals surface area contributed by atoms with Crippen molar-refractivity contribution in [2.75, 3.05) is 26.3 Å². The molecule has 6 heterocycles. The zero-order chi connectivity index (χ0) is 83.6. The Morgan fingerprint density at radius 3 is 1.34 bits per heavy atom. The Kier molecular flexibility index (Phi) is 25.4. The summed E-state index contributed by atoms with van der Waals surface area (Å²) in [5.41, 5.74) is -1.66. The van der Waals surface area contributed by atoms with Crippen LogP contribution < -0.4 is 35.3 Å². The number of fused-ring (bicyclic) bond motifs is 10. The molecule has 0 spiro atoms. The second-order valence-electron chi connectivity index (χ2n) is 34.8. The third-order valence-corrected chi connectivity index (χ3v) is 26.9. The molecule has 10 aliphatic rings. The number of sulfonamides is 2. The fourth-order valence-electron chi connectivity index (χ4n) is 16.2. The highest BCUT2D eigenvalue weighted by Crippen LogP contribution is 2.58. The van der Waals surface area contributed by atoms with Crippen molar-refractivity contribution in [3.63, 3.8) is 0 Å². The Morgan fingerprint density at radius 2 is 0.957 bits per heavy atom. The van der Waals surface area contributed by atoms with E-state index < -0.39 is 189 Å². The minimum atomic E-state index is -3.91. The summed E-state index contributed by atoms with van der Waals surface area (Å²) in [4.78, 5) is 127. The van der Waals surface area contributed by atoms with Crippen LogP contribution in [-0.4, -0.2) is 201 Å². The Labute approximate surface area is 676 Å². The van der Waals surface area contributed by atoms with Crippen molar-refractivity contribution < 1.29 is 106 Å². The van der Waals surface area contributed by atoms with Crippen LogP contribution in [0.3, 0.4) is 0 Å². The largest absolute Gasteiger partial charge is 0.480 e. The Balaban J connectivity index is 0.000000196. The third kappa shape index (κ3) is 19.6. The number of hydrogen-bond donors (Lipinski definition) is 6. The number of hydrogen-bond acceptors (Lipinski definition) is 23. The first kappa shape index (κ1) is 88.4. The number of allylic oxidation sites excluding steroid dienone is 2. The average molecular weight is 1690 g/mol. The maximum absolute atomic E-state index is 16.2. The van der Waals surface area contributed by atoms with Crippen LogP contribution in [0.5, 0.6) is 11.8 Å². The maximum Gasteiger partial charge on any atom is 0.408 e. The highest BCUT2D eigenvalue weighted by atomic mass is 35.5. The number of aromatic nitrogens is 4. The topological polar surface area (TPSA) is 413 Å². The number of amides is 6. The third-order valence-electron chi connectivity index (χ3n) is 23.3. The average Bonchev–Trinajstić information content (AvgIpc) is 1.49. The summed E-state index contributed by atoms with van der Waals surface area (Å²) in [6.45, 7) is 16.4. The normalized spacial score (nSPS) is 31.9. The minimum absolute atomic E-state index is 0. The van der Waals surface area contributed by atoms with E-state index in [1.165, 1.54) is 24.0 Å². The van der Waals surface area contributed by atoms with Crippen LogP contribution >= 0.6 is 12.4 Å². The predicted octanol–water partition coefficient (Wildman–Crippen LogP) is 9.43. The molecule has 116 heavy (non-hydrogen) atoms. The number of carbonyl (C=O) groups excluding carboxylic acids is 7. The van der Waals surface area contributed by atoms with Gasteiger partial charge in [-0.15, -0.1) is 12.4 Å². The first-order valence-electron chi connectivity index (χ1n) is 39.3. The van der Waals surface area contributed by atoms with Crippen molar-refractivity contribution in [2.24, 2.45) is 33.8 Å². The van der Waals surface area contributed by atoms with Crippen LogP contribution in [0.15, 0.2) is 72.8 Å². The molecule has 2 aromatic carbocycles. The zero-order valence-electron chi connectivity index (χ0n) is 66.5. The van der Waals surface area contributed by atoms with Gasteiger partial charge in [-0.05, 0) is 150 Å². The molecule has 30 nitrogen and oxygen atoms in total. The van der Waals surface area contributed by atoms with Crippen LogP contribution in [0.1, 0.15) is 190 Å². The van der Waals surface area contributed by atoms with E-state index in [0.29, 0.717) is 94.7 Å².